The summed E-state index contributed by atoms with van der Waals surface area (Å²) in [6.45, 7) is 7.94. The number of rotatable bonds is 3. The van der Waals surface area contributed by atoms with Gasteiger partial charge in [-0.15, -0.1) is 0 Å². The van der Waals surface area contributed by atoms with E-state index in [1.807, 2.05) is 51.1 Å². The molecule has 1 aliphatic heterocycles. The van der Waals surface area contributed by atoms with Gasteiger partial charge in [0.1, 0.15) is 11.1 Å². The van der Waals surface area contributed by atoms with E-state index >= 15 is 0 Å². The second-order valence-electron chi connectivity index (χ2n) is 5.63. The number of piperazine rings is 1. The van der Waals surface area contributed by atoms with Crippen molar-refractivity contribution in [2.24, 2.45) is 0 Å². The molecule has 4 heteroatoms. The fourth-order valence-electron chi connectivity index (χ4n) is 2.80. The van der Waals surface area contributed by atoms with Gasteiger partial charge in [0.05, 0.1) is 0 Å². The maximum Gasteiger partial charge on any atom is 0.251 e. The maximum absolute atomic E-state index is 12.8. The molecule has 0 saturated carbocycles. The van der Waals surface area contributed by atoms with Crippen LogP contribution >= 0.6 is 0 Å². The first kappa shape index (κ1) is 14.6. The minimum Gasteiger partial charge on any atom is -0.340 e. The summed E-state index contributed by atoms with van der Waals surface area (Å²) in [6.07, 6.45) is 0.582. The minimum atomic E-state index is -0.943. The van der Waals surface area contributed by atoms with Crippen LogP contribution in [0.25, 0.3) is 0 Å². The van der Waals surface area contributed by atoms with Crippen LogP contribution in [-0.4, -0.2) is 28.8 Å². The Kier molecular flexibility index (Phi) is 3.59. The largest absolute Gasteiger partial charge is 0.340 e. The van der Waals surface area contributed by atoms with E-state index in [-0.39, 0.29) is 11.8 Å². The minimum absolute atomic E-state index is 0.0200. The van der Waals surface area contributed by atoms with Crippen molar-refractivity contribution in [1.82, 2.24) is 10.2 Å². The van der Waals surface area contributed by atoms with Crippen LogP contribution in [0.4, 0.5) is 0 Å². The molecule has 2 rings (SSSR count). The van der Waals surface area contributed by atoms with Gasteiger partial charge in [0, 0.05) is 6.54 Å². The normalized spacial score (nSPS) is 30.3. The number of hydrogen-bond acceptors (Lipinski definition) is 2. The zero-order chi connectivity index (χ0) is 15.0. The van der Waals surface area contributed by atoms with Crippen LogP contribution < -0.4 is 5.32 Å². The van der Waals surface area contributed by atoms with Gasteiger partial charge in [-0.1, -0.05) is 37.3 Å². The van der Waals surface area contributed by atoms with E-state index in [2.05, 4.69) is 5.32 Å². The van der Waals surface area contributed by atoms with Gasteiger partial charge < -0.3 is 10.2 Å². The lowest BCUT2D eigenvalue weighted by Gasteiger charge is -2.50. The first-order valence-corrected chi connectivity index (χ1v) is 7.10. The molecule has 0 aromatic heterocycles. The molecular formula is C16H22N2O2. The number of likely N-dealkylation sites (N-methyl/N-ethyl adjacent to an activating group) is 1. The van der Waals surface area contributed by atoms with E-state index in [0.717, 1.165) is 5.56 Å². The van der Waals surface area contributed by atoms with E-state index in [4.69, 9.17) is 0 Å². The van der Waals surface area contributed by atoms with Crippen molar-refractivity contribution in [2.45, 2.75) is 45.2 Å². The lowest BCUT2D eigenvalue weighted by atomic mass is 9.81. The topological polar surface area (TPSA) is 49.4 Å². The van der Waals surface area contributed by atoms with Crippen LogP contribution in [0.2, 0.25) is 0 Å². The smallest absolute Gasteiger partial charge is 0.251 e. The van der Waals surface area contributed by atoms with E-state index in [9.17, 15) is 9.59 Å². The molecule has 108 valence electrons. The lowest BCUT2D eigenvalue weighted by molar-refractivity contribution is -0.162. The van der Waals surface area contributed by atoms with Crippen LogP contribution in [0, 0.1) is 0 Å². The molecule has 0 radical (unpaired) electrons. The summed E-state index contributed by atoms with van der Waals surface area (Å²) in [4.78, 5) is 27.1. The van der Waals surface area contributed by atoms with E-state index in [1.165, 1.54) is 0 Å². The van der Waals surface area contributed by atoms with Crippen LogP contribution in [0.1, 0.15) is 39.7 Å². The molecule has 1 fully saturated rings. The third kappa shape index (κ3) is 1.90. The number of nitrogens with zero attached hydrogens (tertiary/aromatic N) is 1. The standard InChI is InChI=1S/C16H22N2O2/c1-5-15(3)14(20)18(6-2)16(4,13(19)17-15)12-10-8-7-9-11-12/h7-11H,5-6H2,1-4H3,(H,17,19). The summed E-state index contributed by atoms with van der Waals surface area (Å²) >= 11 is 0. The van der Waals surface area contributed by atoms with E-state index in [1.54, 1.807) is 11.8 Å². The number of carbonyl (C=O) groups is 2. The number of amides is 2. The van der Waals surface area contributed by atoms with Crippen molar-refractivity contribution in [3.63, 3.8) is 0 Å². The third-order valence-electron chi connectivity index (χ3n) is 4.45. The zero-order valence-corrected chi connectivity index (χ0v) is 12.6. The molecule has 20 heavy (non-hydrogen) atoms. The summed E-state index contributed by atoms with van der Waals surface area (Å²) in [5, 5.41) is 2.92. The molecule has 0 spiro atoms. The highest BCUT2D eigenvalue weighted by Gasteiger charge is 2.53. The summed E-state index contributed by atoms with van der Waals surface area (Å²) in [5.74, 6) is -0.136. The van der Waals surface area contributed by atoms with Gasteiger partial charge in [-0.05, 0) is 32.8 Å². The Morgan fingerprint density at radius 1 is 1.10 bits per heavy atom. The number of nitrogens with one attached hydrogen (secondary N) is 1. The average Bonchev–Trinajstić information content (AvgIpc) is 2.47. The highest BCUT2D eigenvalue weighted by molar-refractivity contribution is 6.02. The van der Waals surface area contributed by atoms with E-state index in [0.29, 0.717) is 13.0 Å². The summed E-state index contributed by atoms with van der Waals surface area (Å²) in [5.41, 5.74) is -0.908. The van der Waals surface area contributed by atoms with Crippen LogP contribution in [-0.2, 0) is 15.1 Å². The first-order chi connectivity index (χ1) is 9.40. The molecule has 2 unspecified atom stereocenters. The second kappa shape index (κ2) is 4.93. The Morgan fingerprint density at radius 2 is 1.70 bits per heavy atom. The average molecular weight is 274 g/mol. The fraction of sp³-hybridized carbons (Fsp3) is 0.500. The molecule has 1 aromatic rings. The number of hydrogen-bond donors (Lipinski definition) is 1. The molecule has 2 atom stereocenters. The fourth-order valence-corrected chi connectivity index (χ4v) is 2.80. The van der Waals surface area contributed by atoms with Crippen molar-refractivity contribution in [3.05, 3.63) is 35.9 Å². The molecule has 2 amide bonds. The number of carbonyl (C=O) groups excluding carboxylic acids is 2. The van der Waals surface area contributed by atoms with Gasteiger partial charge in [-0.2, -0.15) is 0 Å². The molecule has 1 N–H and O–H groups in total. The molecular weight excluding hydrogens is 252 g/mol. The molecule has 1 aromatic carbocycles. The van der Waals surface area contributed by atoms with Gasteiger partial charge in [0.2, 0.25) is 5.91 Å². The maximum atomic E-state index is 12.8. The third-order valence-corrected chi connectivity index (χ3v) is 4.45. The molecule has 0 aliphatic carbocycles. The SMILES string of the molecule is CCN1C(=O)C(C)(CC)NC(=O)C1(C)c1ccccc1. The van der Waals surface area contributed by atoms with Gasteiger partial charge in [0.15, 0.2) is 0 Å². The highest BCUT2D eigenvalue weighted by atomic mass is 16.2. The molecule has 1 aliphatic rings. The Hall–Kier alpha value is -1.84. The Morgan fingerprint density at radius 3 is 2.20 bits per heavy atom. The van der Waals surface area contributed by atoms with Crippen molar-refractivity contribution in [3.8, 4) is 0 Å². The van der Waals surface area contributed by atoms with Crippen molar-refractivity contribution in [1.29, 1.82) is 0 Å². The molecule has 0 bridgehead atoms. The Balaban J connectivity index is 2.54. The predicted octanol–water partition coefficient (Wildman–Crippen LogP) is 2.05. The van der Waals surface area contributed by atoms with Crippen molar-refractivity contribution in [2.75, 3.05) is 6.54 Å². The first-order valence-electron chi connectivity index (χ1n) is 7.10. The quantitative estimate of drug-likeness (QED) is 0.917. The van der Waals surface area contributed by atoms with E-state index < -0.39 is 11.1 Å². The van der Waals surface area contributed by atoms with Gasteiger partial charge >= 0.3 is 0 Å². The zero-order valence-electron chi connectivity index (χ0n) is 12.6. The lowest BCUT2D eigenvalue weighted by Crippen LogP contribution is -2.72. The van der Waals surface area contributed by atoms with Crippen LogP contribution in [0.5, 0.6) is 0 Å². The monoisotopic (exact) mass is 274 g/mol. The molecule has 4 nitrogen and oxygen atoms in total. The van der Waals surface area contributed by atoms with Crippen LogP contribution in [0.15, 0.2) is 30.3 Å². The summed E-state index contributed by atoms with van der Waals surface area (Å²) in [6, 6.07) is 9.47. The molecule has 1 saturated heterocycles. The second-order valence-corrected chi connectivity index (χ2v) is 5.63. The highest BCUT2D eigenvalue weighted by Crippen LogP contribution is 2.35. The van der Waals surface area contributed by atoms with Gasteiger partial charge in [0.25, 0.3) is 5.91 Å². The van der Waals surface area contributed by atoms with Crippen molar-refractivity contribution >= 4 is 11.8 Å². The van der Waals surface area contributed by atoms with Crippen molar-refractivity contribution < 1.29 is 9.59 Å². The predicted molar refractivity (Wildman–Crippen MR) is 78.0 cm³/mol. The Labute approximate surface area is 120 Å². The van der Waals surface area contributed by atoms with Gasteiger partial charge in [-0.3, -0.25) is 9.59 Å². The van der Waals surface area contributed by atoms with Crippen LogP contribution in [0.3, 0.4) is 0 Å². The summed E-state index contributed by atoms with van der Waals surface area (Å²) in [7, 11) is 0. The summed E-state index contributed by atoms with van der Waals surface area (Å²) < 4.78 is 0. The Bertz CT molecular complexity index is 529. The molecule has 1 heterocycles. The number of benzene rings is 1. The van der Waals surface area contributed by atoms with Gasteiger partial charge in [-0.25, -0.2) is 0 Å².